The monoisotopic (exact) mass is 144 g/mol. The summed E-state index contributed by atoms with van der Waals surface area (Å²) in [5.41, 5.74) is 0. The molecule has 0 bridgehead atoms. The molecule has 0 aromatic rings. The lowest BCUT2D eigenvalue weighted by Crippen LogP contribution is -2.16. The van der Waals surface area contributed by atoms with Crippen LogP contribution in [0.2, 0.25) is 0 Å². The zero-order chi connectivity index (χ0) is 7.56. The molecule has 3 heteroatoms. The number of hydrogen-bond acceptors (Lipinski definition) is 3. The zero-order valence-electron chi connectivity index (χ0n) is 6.29. The van der Waals surface area contributed by atoms with Gasteiger partial charge in [0.05, 0.1) is 12.5 Å². The van der Waals surface area contributed by atoms with Crippen LogP contribution in [0.4, 0.5) is 0 Å². The summed E-state index contributed by atoms with van der Waals surface area (Å²) >= 11 is 0. The molecule has 3 nitrogen and oxygen atoms in total. The Bertz CT molecular complexity index is 131. The fourth-order valence-electron chi connectivity index (χ4n) is 0.900. The van der Waals surface area contributed by atoms with Crippen molar-refractivity contribution in [1.29, 1.82) is 0 Å². The second kappa shape index (κ2) is 3.01. The molecule has 0 aliphatic carbocycles. The Hall–Kier alpha value is -0.570. The third-order valence-electron chi connectivity index (χ3n) is 1.27. The van der Waals surface area contributed by atoms with Crippen LogP contribution in [-0.4, -0.2) is 18.4 Å². The Balaban J connectivity index is 2.24. The van der Waals surface area contributed by atoms with Crippen molar-refractivity contribution in [2.24, 2.45) is 0 Å². The normalized spacial score (nSPS) is 25.5. The standard InChI is InChI=1S/C7H12O3/c1-5(2)9-7-4-3-6(8)10-7/h5,7H,3-4H2,1-2H3. The summed E-state index contributed by atoms with van der Waals surface area (Å²) in [6, 6.07) is 0. The molecule has 1 saturated heterocycles. The summed E-state index contributed by atoms with van der Waals surface area (Å²) in [6.07, 6.45) is 1.05. The SMILES string of the molecule is CC(C)OC1CCC(=O)O1. The van der Waals surface area contributed by atoms with E-state index in [4.69, 9.17) is 9.47 Å². The quantitative estimate of drug-likeness (QED) is 0.544. The van der Waals surface area contributed by atoms with Gasteiger partial charge in [0, 0.05) is 6.42 Å². The first-order valence-corrected chi connectivity index (χ1v) is 3.53. The zero-order valence-corrected chi connectivity index (χ0v) is 6.29. The van der Waals surface area contributed by atoms with E-state index in [1.165, 1.54) is 0 Å². The first-order chi connectivity index (χ1) is 4.68. The van der Waals surface area contributed by atoms with E-state index < -0.39 is 0 Å². The Morgan fingerprint density at radius 2 is 2.40 bits per heavy atom. The molecule has 1 unspecified atom stereocenters. The number of ether oxygens (including phenoxy) is 2. The summed E-state index contributed by atoms with van der Waals surface area (Å²) in [6.45, 7) is 3.85. The van der Waals surface area contributed by atoms with E-state index in [1.54, 1.807) is 0 Å². The average molecular weight is 144 g/mol. The molecule has 0 amide bonds. The summed E-state index contributed by atoms with van der Waals surface area (Å²) < 4.78 is 10.0. The molecule has 1 aliphatic heterocycles. The molecule has 10 heavy (non-hydrogen) atoms. The Morgan fingerprint density at radius 3 is 2.80 bits per heavy atom. The predicted molar refractivity (Wildman–Crippen MR) is 35.3 cm³/mol. The molecule has 0 aromatic heterocycles. The first kappa shape index (κ1) is 7.54. The van der Waals surface area contributed by atoms with E-state index in [2.05, 4.69) is 0 Å². The van der Waals surface area contributed by atoms with E-state index >= 15 is 0 Å². The average Bonchev–Trinajstić information content (AvgIpc) is 2.13. The lowest BCUT2D eigenvalue weighted by Gasteiger charge is -2.12. The maximum Gasteiger partial charge on any atom is 0.308 e. The van der Waals surface area contributed by atoms with Crippen molar-refractivity contribution >= 4 is 5.97 Å². The highest BCUT2D eigenvalue weighted by atomic mass is 16.7. The van der Waals surface area contributed by atoms with E-state index in [-0.39, 0.29) is 18.4 Å². The summed E-state index contributed by atoms with van der Waals surface area (Å²) in [7, 11) is 0. The van der Waals surface area contributed by atoms with Crippen molar-refractivity contribution in [3.8, 4) is 0 Å². The van der Waals surface area contributed by atoms with Crippen LogP contribution < -0.4 is 0 Å². The highest BCUT2D eigenvalue weighted by Gasteiger charge is 2.24. The predicted octanol–water partition coefficient (Wildman–Crippen LogP) is 1.07. The molecule has 0 saturated carbocycles. The molecule has 0 radical (unpaired) electrons. The Morgan fingerprint density at radius 1 is 1.70 bits per heavy atom. The van der Waals surface area contributed by atoms with Gasteiger partial charge < -0.3 is 9.47 Å². The van der Waals surface area contributed by atoms with Gasteiger partial charge in [-0.2, -0.15) is 0 Å². The number of esters is 1. The van der Waals surface area contributed by atoms with Gasteiger partial charge in [-0.3, -0.25) is 4.79 Å². The second-order valence-corrected chi connectivity index (χ2v) is 2.64. The van der Waals surface area contributed by atoms with E-state index in [0.717, 1.165) is 0 Å². The van der Waals surface area contributed by atoms with Crippen LogP contribution in [0, 0.1) is 0 Å². The second-order valence-electron chi connectivity index (χ2n) is 2.64. The van der Waals surface area contributed by atoms with Crippen LogP contribution >= 0.6 is 0 Å². The van der Waals surface area contributed by atoms with E-state index in [0.29, 0.717) is 12.8 Å². The van der Waals surface area contributed by atoms with Gasteiger partial charge in [0.25, 0.3) is 0 Å². The maximum atomic E-state index is 10.5. The Kier molecular flexibility index (Phi) is 2.27. The van der Waals surface area contributed by atoms with Gasteiger partial charge in [0.1, 0.15) is 0 Å². The van der Waals surface area contributed by atoms with Crippen LogP contribution in [0.1, 0.15) is 26.7 Å². The third kappa shape index (κ3) is 1.99. The fraction of sp³-hybridized carbons (Fsp3) is 0.857. The van der Waals surface area contributed by atoms with Crippen molar-refractivity contribution in [1.82, 2.24) is 0 Å². The summed E-state index contributed by atoms with van der Waals surface area (Å²) in [5, 5.41) is 0. The summed E-state index contributed by atoms with van der Waals surface area (Å²) in [5.74, 6) is -0.148. The van der Waals surface area contributed by atoms with Crippen LogP contribution in [0.5, 0.6) is 0 Å². The molecule has 1 rings (SSSR count). The number of cyclic esters (lactones) is 1. The molecule has 0 aromatic carbocycles. The van der Waals surface area contributed by atoms with Gasteiger partial charge in [0.2, 0.25) is 6.29 Å². The van der Waals surface area contributed by atoms with E-state index in [1.807, 2.05) is 13.8 Å². The van der Waals surface area contributed by atoms with Crippen LogP contribution in [0.3, 0.4) is 0 Å². The van der Waals surface area contributed by atoms with Crippen molar-refractivity contribution in [2.75, 3.05) is 0 Å². The van der Waals surface area contributed by atoms with Gasteiger partial charge in [-0.05, 0) is 13.8 Å². The lowest BCUT2D eigenvalue weighted by atomic mass is 10.3. The molecule has 1 aliphatic rings. The van der Waals surface area contributed by atoms with Crippen molar-refractivity contribution in [3.63, 3.8) is 0 Å². The molecule has 1 heterocycles. The van der Waals surface area contributed by atoms with Crippen molar-refractivity contribution in [2.45, 2.75) is 39.1 Å². The highest BCUT2D eigenvalue weighted by Crippen LogP contribution is 2.15. The molecule has 58 valence electrons. The lowest BCUT2D eigenvalue weighted by molar-refractivity contribution is -0.168. The fourth-order valence-corrected chi connectivity index (χ4v) is 0.900. The minimum absolute atomic E-state index is 0.135. The number of carbonyl (C=O) groups is 1. The summed E-state index contributed by atoms with van der Waals surface area (Å²) in [4.78, 5) is 10.5. The van der Waals surface area contributed by atoms with Crippen LogP contribution in [-0.2, 0) is 14.3 Å². The molecule has 1 fully saturated rings. The highest BCUT2D eigenvalue weighted by molar-refractivity contribution is 5.71. The van der Waals surface area contributed by atoms with Gasteiger partial charge in [-0.25, -0.2) is 0 Å². The Labute approximate surface area is 60.3 Å². The number of hydrogen-bond donors (Lipinski definition) is 0. The molecular formula is C7H12O3. The largest absolute Gasteiger partial charge is 0.436 e. The van der Waals surface area contributed by atoms with Gasteiger partial charge in [-0.1, -0.05) is 0 Å². The molecule has 0 N–H and O–H groups in total. The minimum Gasteiger partial charge on any atom is -0.436 e. The molecular weight excluding hydrogens is 132 g/mol. The van der Waals surface area contributed by atoms with Crippen molar-refractivity contribution < 1.29 is 14.3 Å². The van der Waals surface area contributed by atoms with Gasteiger partial charge in [0.15, 0.2) is 0 Å². The van der Waals surface area contributed by atoms with Gasteiger partial charge >= 0.3 is 5.97 Å². The number of rotatable bonds is 2. The molecule has 1 atom stereocenters. The topological polar surface area (TPSA) is 35.5 Å². The first-order valence-electron chi connectivity index (χ1n) is 3.53. The number of carbonyl (C=O) groups excluding carboxylic acids is 1. The van der Waals surface area contributed by atoms with Crippen LogP contribution in [0.25, 0.3) is 0 Å². The minimum atomic E-state index is -0.285. The smallest absolute Gasteiger partial charge is 0.308 e. The van der Waals surface area contributed by atoms with E-state index in [9.17, 15) is 4.79 Å². The third-order valence-corrected chi connectivity index (χ3v) is 1.27. The molecule has 0 spiro atoms. The van der Waals surface area contributed by atoms with Gasteiger partial charge in [-0.15, -0.1) is 0 Å². The van der Waals surface area contributed by atoms with Crippen molar-refractivity contribution in [3.05, 3.63) is 0 Å². The maximum absolute atomic E-state index is 10.5. The van der Waals surface area contributed by atoms with Crippen LogP contribution in [0.15, 0.2) is 0 Å².